The van der Waals surface area contributed by atoms with Gasteiger partial charge in [-0.3, -0.25) is 9.69 Å². The molecule has 3 atom stereocenters. The van der Waals surface area contributed by atoms with Crippen LogP contribution in [0, 0.1) is 5.92 Å². The van der Waals surface area contributed by atoms with E-state index in [0.29, 0.717) is 23.6 Å². The third-order valence-corrected chi connectivity index (χ3v) is 13.5. The first-order valence-corrected chi connectivity index (χ1v) is 17.4. The third-order valence-electron chi connectivity index (χ3n) is 7.48. The SMILES string of the molecule is CC(C)(C)[Si](C)(C)O[C@H](C=CC(=O)O)[C@H](CCc1ccccc1)C(=O)N1C(=S)SC[C@@H]1Cc1ccccc1. The number of nitrogens with zero attached hydrogens (tertiary/aromatic N) is 1. The van der Waals surface area contributed by atoms with Crippen LogP contribution in [0.4, 0.5) is 0 Å². The number of hydrogen-bond donors (Lipinski definition) is 1. The molecule has 2 aromatic rings. The lowest BCUT2D eigenvalue weighted by Crippen LogP contribution is -2.50. The van der Waals surface area contributed by atoms with Gasteiger partial charge in [0.05, 0.1) is 18.1 Å². The Bertz CT molecular complexity index is 1130. The van der Waals surface area contributed by atoms with Crippen molar-refractivity contribution in [2.75, 3.05) is 5.75 Å². The Balaban J connectivity index is 1.98. The molecule has 2 aromatic carbocycles. The lowest BCUT2D eigenvalue weighted by atomic mass is 9.91. The predicted octanol–water partition coefficient (Wildman–Crippen LogP) is 6.74. The standard InChI is InChI=1S/C30H39NO4S2Si/c1-30(2,3)38(4,5)35-26(18-19-27(32)33)25(17-16-22-12-8-6-9-13-22)28(34)31-24(21-37-29(31)36)20-23-14-10-7-11-15-23/h6-15,18-19,24-26H,16-17,20-21H2,1-5H3,(H,32,33)/t24-,25-,26+/m0/s1. The monoisotopic (exact) mass is 569 g/mol. The van der Waals surface area contributed by atoms with E-state index in [1.807, 2.05) is 48.5 Å². The van der Waals surface area contributed by atoms with Crippen LogP contribution in [0.1, 0.15) is 38.3 Å². The van der Waals surface area contributed by atoms with Gasteiger partial charge in [0, 0.05) is 11.8 Å². The molecule has 1 saturated heterocycles. The second-order valence-electron chi connectivity index (χ2n) is 11.3. The molecule has 0 spiro atoms. The summed E-state index contributed by atoms with van der Waals surface area (Å²) in [6, 6.07) is 20.1. The van der Waals surface area contributed by atoms with Gasteiger partial charge in [-0.05, 0) is 54.6 Å². The number of thiocarbonyl (C=S) groups is 1. The molecule has 1 aliphatic heterocycles. The van der Waals surface area contributed by atoms with E-state index in [1.165, 1.54) is 11.8 Å². The summed E-state index contributed by atoms with van der Waals surface area (Å²) in [4.78, 5) is 27.7. The van der Waals surface area contributed by atoms with Gasteiger partial charge in [0.15, 0.2) is 8.32 Å². The molecule has 0 saturated carbocycles. The minimum atomic E-state index is -2.34. The van der Waals surface area contributed by atoms with Crippen molar-refractivity contribution in [3.8, 4) is 0 Å². The van der Waals surface area contributed by atoms with Crippen LogP contribution in [0.3, 0.4) is 0 Å². The molecule has 0 aliphatic carbocycles. The quantitative estimate of drug-likeness (QED) is 0.184. The molecule has 3 rings (SSSR count). The normalized spacial score (nSPS) is 18.1. The van der Waals surface area contributed by atoms with Gasteiger partial charge in [-0.1, -0.05) is 105 Å². The van der Waals surface area contributed by atoms with Gasteiger partial charge >= 0.3 is 5.97 Å². The Morgan fingerprint density at radius 3 is 2.24 bits per heavy atom. The maximum atomic E-state index is 14.4. The van der Waals surface area contributed by atoms with E-state index in [1.54, 1.807) is 11.0 Å². The minimum Gasteiger partial charge on any atom is -0.478 e. The average Bonchev–Trinajstić information content (AvgIpc) is 3.22. The summed E-state index contributed by atoms with van der Waals surface area (Å²) in [5, 5.41) is 9.35. The Morgan fingerprint density at radius 2 is 1.68 bits per heavy atom. The Labute approximate surface area is 237 Å². The van der Waals surface area contributed by atoms with Gasteiger partial charge < -0.3 is 9.53 Å². The predicted molar refractivity (Wildman–Crippen MR) is 163 cm³/mol. The number of rotatable bonds is 11. The van der Waals surface area contributed by atoms with Crippen LogP contribution in [-0.2, 0) is 26.9 Å². The molecule has 38 heavy (non-hydrogen) atoms. The van der Waals surface area contributed by atoms with Crippen LogP contribution in [-0.4, -0.2) is 52.4 Å². The second-order valence-corrected chi connectivity index (χ2v) is 17.7. The Hall–Kier alpha value is -2.26. The summed E-state index contributed by atoms with van der Waals surface area (Å²) >= 11 is 7.22. The second kappa shape index (κ2) is 13.2. The zero-order chi connectivity index (χ0) is 27.9. The first kappa shape index (κ1) is 30.3. The highest BCUT2D eigenvalue weighted by Crippen LogP contribution is 2.39. The number of carboxylic acids is 1. The summed E-state index contributed by atoms with van der Waals surface area (Å²) < 4.78 is 7.34. The number of benzene rings is 2. The summed E-state index contributed by atoms with van der Waals surface area (Å²) in [6.07, 6.45) is 3.91. The molecule has 1 fully saturated rings. The number of carbonyl (C=O) groups excluding carboxylic acids is 1. The number of aryl methyl sites for hydroxylation is 1. The maximum Gasteiger partial charge on any atom is 0.328 e. The third kappa shape index (κ3) is 8.12. The Morgan fingerprint density at radius 1 is 1.11 bits per heavy atom. The van der Waals surface area contributed by atoms with Crippen LogP contribution in [0.15, 0.2) is 72.8 Å². The molecule has 204 valence electrons. The van der Waals surface area contributed by atoms with Gasteiger partial charge in [0.2, 0.25) is 5.91 Å². The first-order chi connectivity index (χ1) is 17.9. The number of aliphatic carboxylic acids is 1. The van der Waals surface area contributed by atoms with Gasteiger partial charge in [-0.2, -0.15) is 0 Å². The van der Waals surface area contributed by atoms with Gasteiger partial charge in [0.1, 0.15) is 4.32 Å². The fraction of sp³-hybridized carbons (Fsp3) is 0.433. The van der Waals surface area contributed by atoms with Crippen LogP contribution >= 0.6 is 24.0 Å². The number of thioether (sulfide) groups is 1. The van der Waals surface area contributed by atoms with E-state index in [4.69, 9.17) is 16.6 Å². The lowest BCUT2D eigenvalue weighted by Gasteiger charge is -2.41. The van der Waals surface area contributed by atoms with E-state index < -0.39 is 26.3 Å². The highest BCUT2D eigenvalue weighted by molar-refractivity contribution is 8.23. The summed E-state index contributed by atoms with van der Waals surface area (Å²) in [5.41, 5.74) is 2.28. The average molecular weight is 570 g/mol. The zero-order valence-electron chi connectivity index (χ0n) is 22.9. The highest BCUT2D eigenvalue weighted by Gasteiger charge is 2.44. The number of carbonyl (C=O) groups is 2. The van der Waals surface area contributed by atoms with Crippen LogP contribution in [0.5, 0.6) is 0 Å². The molecular formula is C30H39NO4S2Si. The summed E-state index contributed by atoms with van der Waals surface area (Å²) in [5.74, 6) is -0.980. The number of carboxylic acid groups (broad SMARTS) is 1. The van der Waals surface area contributed by atoms with E-state index in [9.17, 15) is 14.7 Å². The van der Waals surface area contributed by atoms with E-state index in [0.717, 1.165) is 23.0 Å². The molecule has 1 heterocycles. The fourth-order valence-electron chi connectivity index (χ4n) is 4.29. The molecule has 1 aliphatic rings. The molecule has 1 N–H and O–H groups in total. The van der Waals surface area contributed by atoms with E-state index in [2.05, 4.69) is 46.0 Å². The topological polar surface area (TPSA) is 66.8 Å². The van der Waals surface area contributed by atoms with Crippen molar-refractivity contribution >= 4 is 48.5 Å². The largest absolute Gasteiger partial charge is 0.478 e. The minimum absolute atomic E-state index is 0.0569. The smallest absolute Gasteiger partial charge is 0.328 e. The van der Waals surface area contributed by atoms with Gasteiger partial charge in [0.25, 0.3) is 0 Å². The lowest BCUT2D eigenvalue weighted by molar-refractivity contribution is -0.135. The van der Waals surface area contributed by atoms with Gasteiger partial charge in [-0.25, -0.2) is 4.79 Å². The fourth-order valence-corrected chi connectivity index (χ4v) is 6.99. The molecule has 0 radical (unpaired) electrons. The molecule has 0 unspecified atom stereocenters. The van der Waals surface area contributed by atoms with Gasteiger partial charge in [-0.15, -0.1) is 0 Å². The van der Waals surface area contributed by atoms with Crippen LogP contribution < -0.4 is 0 Å². The van der Waals surface area contributed by atoms with Crippen LogP contribution in [0.2, 0.25) is 18.1 Å². The van der Waals surface area contributed by atoms with E-state index in [-0.39, 0.29) is 17.0 Å². The van der Waals surface area contributed by atoms with E-state index >= 15 is 0 Å². The summed E-state index contributed by atoms with van der Waals surface area (Å²) in [6.45, 7) is 10.7. The molecular weight excluding hydrogens is 531 g/mol. The molecule has 5 nitrogen and oxygen atoms in total. The van der Waals surface area contributed by atoms with Crippen molar-refractivity contribution in [1.29, 1.82) is 0 Å². The van der Waals surface area contributed by atoms with Crippen molar-refractivity contribution in [3.05, 3.63) is 83.9 Å². The van der Waals surface area contributed by atoms with Crippen molar-refractivity contribution < 1.29 is 19.1 Å². The summed E-state index contributed by atoms with van der Waals surface area (Å²) in [7, 11) is -2.34. The molecule has 8 heteroatoms. The van der Waals surface area contributed by atoms with Crippen molar-refractivity contribution in [2.24, 2.45) is 5.92 Å². The van der Waals surface area contributed by atoms with Crippen molar-refractivity contribution in [3.63, 3.8) is 0 Å². The van der Waals surface area contributed by atoms with Crippen LogP contribution in [0.25, 0.3) is 0 Å². The van der Waals surface area contributed by atoms with Crippen molar-refractivity contribution in [2.45, 2.75) is 70.3 Å². The number of hydrogen-bond acceptors (Lipinski definition) is 5. The highest BCUT2D eigenvalue weighted by atomic mass is 32.2. The zero-order valence-corrected chi connectivity index (χ0v) is 25.6. The Kier molecular flexibility index (Phi) is 10.5. The first-order valence-electron chi connectivity index (χ1n) is 13.1. The van der Waals surface area contributed by atoms with Crippen molar-refractivity contribution in [1.82, 2.24) is 4.90 Å². The molecule has 0 bridgehead atoms. The molecule has 0 aromatic heterocycles. The number of amides is 1. The molecule has 1 amide bonds. The maximum absolute atomic E-state index is 14.4.